The first-order chi connectivity index (χ1) is 20.1. The van der Waals surface area contributed by atoms with Crippen LogP contribution >= 0.6 is 0 Å². The number of amides is 1. The fourth-order valence-electron chi connectivity index (χ4n) is 4.40. The van der Waals surface area contributed by atoms with Crippen LogP contribution in [0.1, 0.15) is 0 Å². The van der Waals surface area contributed by atoms with Crippen LogP contribution in [0.25, 0.3) is 0 Å². The molecule has 0 saturated carbocycles. The van der Waals surface area contributed by atoms with Crippen LogP contribution < -0.4 is 17.1 Å². The first-order valence-corrected chi connectivity index (χ1v) is 13.5. The van der Waals surface area contributed by atoms with Crippen LogP contribution in [0.2, 0.25) is 0 Å². The fourth-order valence-corrected chi connectivity index (χ4v) is 4.40. The molecular formula is C24H46N6O13. The van der Waals surface area contributed by atoms with Gasteiger partial charge in [0.15, 0.2) is 6.10 Å². The number of likely N-dealkylation sites (N-methyl/N-ethyl adjacent to an activating group) is 3. The summed E-state index contributed by atoms with van der Waals surface area (Å²) in [5.74, 6) is -0.937. The molecule has 0 saturated heterocycles. The van der Waals surface area contributed by atoms with Crippen LogP contribution in [0.15, 0.2) is 14.4 Å². The molecule has 0 fully saturated rings. The average molecular weight is 627 g/mol. The lowest BCUT2D eigenvalue weighted by Gasteiger charge is -2.25. The van der Waals surface area contributed by atoms with Crippen LogP contribution in [-0.4, -0.2) is 191 Å². The lowest BCUT2D eigenvalue weighted by molar-refractivity contribution is -0.142. The zero-order valence-electron chi connectivity index (χ0n) is 24.6. The van der Waals surface area contributed by atoms with Crippen molar-refractivity contribution >= 4 is 5.91 Å². The largest absolute Gasteiger partial charge is 0.394 e. The predicted molar refractivity (Wildman–Crippen MR) is 149 cm³/mol. The molecule has 1 heterocycles. The van der Waals surface area contributed by atoms with Crippen molar-refractivity contribution in [2.45, 2.75) is 56.3 Å². The zero-order valence-corrected chi connectivity index (χ0v) is 24.6. The van der Waals surface area contributed by atoms with Crippen LogP contribution in [0.5, 0.6) is 0 Å². The van der Waals surface area contributed by atoms with Crippen LogP contribution in [0.4, 0.5) is 0 Å². The summed E-state index contributed by atoms with van der Waals surface area (Å²) >= 11 is 0. The molecule has 0 aliphatic rings. The van der Waals surface area contributed by atoms with E-state index in [1.54, 1.807) is 0 Å². The van der Waals surface area contributed by atoms with Gasteiger partial charge < -0.3 is 60.7 Å². The normalized spacial score (nSPS) is 16.2. The Bertz CT molecular complexity index is 1110. The molecule has 0 aliphatic carbocycles. The number of hydrogen-bond acceptors (Lipinski definition) is 15. The Morgan fingerprint density at radius 2 is 0.860 bits per heavy atom. The second-order valence-corrected chi connectivity index (χ2v) is 10.7. The first-order valence-electron chi connectivity index (χ1n) is 13.5. The van der Waals surface area contributed by atoms with Gasteiger partial charge in [0.05, 0.1) is 70.0 Å². The zero-order chi connectivity index (χ0) is 33.0. The van der Waals surface area contributed by atoms with E-state index in [1.165, 1.54) is 30.9 Å². The van der Waals surface area contributed by atoms with Crippen molar-refractivity contribution in [1.29, 1.82) is 0 Å². The van der Waals surface area contributed by atoms with E-state index in [-0.39, 0.29) is 26.2 Å². The number of hydrogen-bond donors (Lipinski definition) is 9. The monoisotopic (exact) mass is 626 g/mol. The summed E-state index contributed by atoms with van der Waals surface area (Å²) in [6, 6.07) is 0. The topological polar surface area (TPSA) is 275 Å². The maximum absolute atomic E-state index is 13.3. The smallest absolute Gasteiger partial charge is 0.336 e. The highest BCUT2D eigenvalue weighted by molar-refractivity contribution is 5.80. The molecule has 9 N–H and O–H groups in total. The summed E-state index contributed by atoms with van der Waals surface area (Å²) in [4.78, 5) is 55.6. The Morgan fingerprint density at radius 3 is 1.16 bits per heavy atom. The summed E-state index contributed by atoms with van der Waals surface area (Å²) in [5, 5.41) is 87.5. The minimum atomic E-state index is -1.75. The van der Waals surface area contributed by atoms with Gasteiger partial charge in [0.1, 0.15) is 0 Å². The molecule has 0 aromatic carbocycles. The molecule has 1 rings (SSSR count). The minimum Gasteiger partial charge on any atom is -0.394 e. The summed E-state index contributed by atoms with van der Waals surface area (Å²) < 4.78 is 1.56. The van der Waals surface area contributed by atoms with Gasteiger partial charge in [0, 0.05) is 39.8 Å². The van der Waals surface area contributed by atoms with Gasteiger partial charge in [-0.3, -0.25) is 4.79 Å². The Morgan fingerprint density at radius 1 is 0.558 bits per heavy atom. The van der Waals surface area contributed by atoms with Crippen molar-refractivity contribution in [1.82, 2.24) is 28.4 Å². The molecule has 19 nitrogen and oxygen atoms in total. The van der Waals surface area contributed by atoms with Gasteiger partial charge >= 0.3 is 17.1 Å². The minimum absolute atomic E-state index is 0.0414. The number of carbonyl (C=O) groups excluding carboxylic acids is 1. The number of aliphatic hydroxyl groups excluding tert-OH is 9. The molecule has 6 unspecified atom stereocenters. The van der Waals surface area contributed by atoms with E-state index in [0.717, 1.165) is 4.90 Å². The van der Waals surface area contributed by atoms with E-state index in [4.69, 9.17) is 15.3 Å². The number of rotatable bonds is 20. The number of carbonyl (C=O) groups is 1. The highest BCUT2D eigenvalue weighted by Gasteiger charge is 2.25. The predicted octanol–water partition coefficient (Wildman–Crippen LogP) is -8.36. The fraction of sp³-hybridized carbons (Fsp3) is 0.833. The van der Waals surface area contributed by atoms with Crippen molar-refractivity contribution in [3.05, 3.63) is 31.5 Å². The molecule has 1 amide bonds. The van der Waals surface area contributed by atoms with Gasteiger partial charge in [0.2, 0.25) is 0 Å². The summed E-state index contributed by atoms with van der Waals surface area (Å²) in [5.41, 5.74) is -3.58. The van der Waals surface area contributed by atoms with Gasteiger partial charge in [0.25, 0.3) is 5.91 Å². The Kier molecular flexibility index (Phi) is 16.4. The Hall–Kier alpha value is -2.56. The maximum Gasteiger partial charge on any atom is 0.336 e. The third-order valence-electron chi connectivity index (χ3n) is 6.40. The van der Waals surface area contributed by atoms with E-state index in [2.05, 4.69) is 0 Å². The lowest BCUT2D eigenvalue weighted by Crippen LogP contribution is -2.58. The second kappa shape index (κ2) is 18.3. The van der Waals surface area contributed by atoms with E-state index in [1.807, 2.05) is 0 Å². The molecule has 6 atom stereocenters. The lowest BCUT2D eigenvalue weighted by atomic mass is 10.2. The molecule has 250 valence electrons. The highest BCUT2D eigenvalue weighted by atomic mass is 16.3. The van der Waals surface area contributed by atoms with Gasteiger partial charge in [-0.25, -0.2) is 28.1 Å². The van der Waals surface area contributed by atoms with Crippen molar-refractivity contribution in [3.8, 4) is 0 Å². The Balaban J connectivity index is 3.40. The summed E-state index contributed by atoms with van der Waals surface area (Å²) in [6.07, 6.45) is -8.31. The third-order valence-corrected chi connectivity index (χ3v) is 6.40. The second-order valence-electron chi connectivity index (χ2n) is 10.7. The Labute approximate surface area is 246 Å². The highest BCUT2D eigenvalue weighted by Crippen LogP contribution is 1.99. The van der Waals surface area contributed by atoms with E-state index < -0.39 is 106 Å². The molecular weight excluding hydrogens is 580 g/mol. The summed E-state index contributed by atoms with van der Waals surface area (Å²) in [6.45, 7) is -4.83. The van der Waals surface area contributed by atoms with Gasteiger partial charge in [-0.05, 0) is 14.1 Å². The quantitative estimate of drug-likeness (QED) is 0.0650. The maximum atomic E-state index is 13.3. The number of aliphatic hydroxyl groups is 9. The van der Waals surface area contributed by atoms with Crippen LogP contribution in [0, 0.1) is 0 Å². The average Bonchev–Trinajstić information content (AvgIpc) is 2.94. The molecule has 0 radical (unpaired) electrons. The van der Waals surface area contributed by atoms with Crippen molar-refractivity contribution in [2.24, 2.45) is 0 Å². The van der Waals surface area contributed by atoms with E-state index in [0.29, 0.717) is 13.7 Å². The van der Waals surface area contributed by atoms with Crippen molar-refractivity contribution in [3.63, 3.8) is 0 Å². The number of aromatic nitrogens is 3. The third kappa shape index (κ3) is 12.2. The molecule has 43 heavy (non-hydrogen) atoms. The molecule has 1 aromatic heterocycles. The molecule has 0 aliphatic heterocycles. The van der Waals surface area contributed by atoms with Gasteiger partial charge in [-0.15, -0.1) is 0 Å². The molecule has 1 aromatic rings. The van der Waals surface area contributed by atoms with E-state index in [9.17, 15) is 49.8 Å². The molecule has 0 bridgehead atoms. The van der Waals surface area contributed by atoms with E-state index >= 15 is 0 Å². The standard InChI is InChI=1S/C24H46N6O13/c1-25(6-18(37)12-31)4-15(34)9-28-22(41)29(10-16(35)5-26(2)7-19(38)13-32)24(43)30(23(28)42)11-17(36)8-27(3)21(40)20(39)14-33/h15-20,31-39H,4-14H2,1-3H3. The molecule has 19 heteroatoms. The SMILES string of the molecule is CN(CC(O)CO)CC(O)Cn1c(=O)n(CC(O)CN(C)CC(O)CO)c(=O)n(CC(O)CN(C)C(=O)C(O)CO)c1=O. The van der Waals surface area contributed by atoms with Gasteiger partial charge in [-0.1, -0.05) is 0 Å². The van der Waals surface area contributed by atoms with Crippen LogP contribution in [0.3, 0.4) is 0 Å². The number of nitrogens with zero attached hydrogens (tertiary/aromatic N) is 6. The van der Waals surface area contributed by atoms with Gasteiger partial charge in [-0.2, -0.15) is 0 Å². The first kappa shape index (κ1) is 38.5. The molecule has 0 spiro atoms. The van der Waals surface area contributed by atoms with Crippen molar-refractivity contribution in [2.75, 3.05) is 73.7 Å². The van der Waals surface area contributed by atoms with Crippen molar-refractivity contribution < 1.29 is 50.8 Å². The summed E-state index contributed by atoms with van der Waals surface area (Å²) in [7, 11) is 4.21. The van der Waals surface area contributed by atoms with Crippen LogP contribution in [-0.2, 0) is 24.4 Å².